The van der Waals surface area contributed by atoms with Gasteiger partial charge in [0.2, 0.25) is 0 Å². The Balaban J connectivity index is 1.13. The summed E-state index contributed by atoms with van der Waals surface area (Å²) in [6.07, 6.45) is 1.84. The summed E-state index contributed by atoms with van der Waals surface area (Å²) in [4.78, 5) is 0. The first kappa shape index (κ1) is 28.6. The first-order chi connectivity index (χ1) is 26.3. The quantitative estimate of drug-likeness (QED) is 0.175. The normalized spacial score (nSPS) is 12.2. The number of rotatable bonds is 3. The Morgan fingerprint density at radius 2 is 0.981 bits per heavy atom. The van der Waals surface area contributed by atoms with E-state index < -0.39 is 0 Å². The molecule has 3 aromatic heterocycles. The Hall–Kier alpha value is -7.10. The molecule has 3 nitrogen and oxygen atoms in total. The zero-order valence-corrected chi connectivity index (χ0v) is 28.4. The Morgan fingerprint density at radius 3 is 1.77 bits per heavy atom. The molecule has 0 aliphatic rings. The van der Waals surface area contributed by atoms with Crippen LogP contribution in [0.5, 0.6) is 0 Å². The minimum atomic E-state index is 0.818. The van der Waals surface area contributed by atoms with Crippen molar-refractivity contribution >= 4 is 87.2 Å². The SMILES string of the molecule is c1ccc(-c2coc3ccc4c5cc(-c6c7ccccc7c(-c7cccc8cc9oc%10ccccc%10c9cc78)c7ccccc67)ccc5oc4c23)cc1. The van der Waals surface area contributed by atoms with Crippen LogP contribution < -0.4 is 0 Å². The number of para-hydroxylation sites is 1. The van der Waals surface area contributed by atoms with Gasteiger partial charge < -0.3 is 13.3 Å². The predicted octanol–water partition coefficient (Wildman–Crippen LogP) is 14.7. The minimum absolute atomic E-state index is 0.818. The summed E-state index contributed by atoms with van der Waals surface area (Å²) < 4.78 is 19.0. The monoisotopic (exact) mass is 676 g/mol. The second kappa shape index (κ2) is 10.7. The average molecular weight is 677 g/mol. The van der Waals surface area contributed by atoms with Gasteiger partial charge in [-0.25, -0.2) is 0 Å². The molecule has 0 aliphatic heterocycles. The average Bonchev–Trinajstić information content (AvgIpc) is 3.92. The summed E-state index contributed by atoms with van der Waals surface area (Å²) in [6, 6.07) is 58.4. The predicted molar refractivity (Wildman–Crippen MR) is 220 cm³/mol. The van der Waals surface area contributed by atoms with Crippen molar-refractivity contribution in [2.45, 2.75) is 0 Å². The number of furan rings is 3. The smallest absolute Gasteiger partial charge is 0.147 e. The fraction of sp³-hybridized carbons (Fsp3) is 0. The van der Waals surface area contributed by atoms with Gasteiger partial charge in [0.15, 0.2) is 0 Å². The van der Waals surface area contributed by atoms with Crippen molar-refractivity contribution < 1.29 is 13.3 Å². The van der Waals surface area contributed by atoms with Crippen molar-refractivity contribution in [3.05, 3.63) is 170 Å². The molecule has 0 amide bonds. The zero-order chi connectivity index (χ0) is 34.6. The lowest BCUT2D eigenvalue weighted by molar-refractivity contribution is 0.616. The fourth-order valence-electron chi connectivity index (χ4n) is 8.79. The summed E-state index contributed by atoms with van der Waals surface area (Å²) in [5.74, 6) is 0. The highest BCUT2D eigenvalue weighted by Gasteiger charge is 2.21. The van der Waals surface area contributed by atoms with Crippen LogP contribution in [0, 0.1) is 0 Å². The van der Waals surface area contributed by atoms with Gasteiger partial charge >= 0.3 is 0 Å². The molecule has 0 atom stereocenters. The third-order valence-electron chi connectivity index (χ3n) is 11.1. The summed E-state index contributed by atoms with van der Waals surface area (Å²) in [7, 11) is 0. The van der Waals surface area contributed by atoms with Crippen molar-refractivity contribution in [1.82, 2.24) is 0 Å². The molecule has 0 radical (unpaired) electrons. The maximum atomic E-state index is 6.65. The largest absolute Gasteiger partial charge is 0.464 e. The molecule has 0 saturated carbocycles. The Morgan fingerprint density at radius 1 is 0.321 bits per heavy atom. The summed E-state index contributed by atoms with van der Waals surface area (Å²) in [6.45, 7) is 0. The highest BCUT2D eigenvalue weighted by molar-refractivity contribution is 6.25. The number of benzene rings is 9. The van der Waals surface area contributed by atoms with Gasteiger partial charge in [0.25, 0.3) is 0 Å². The highest BCUT2D eigenvalue weighted by atomic mass is 16.3. The van der Waals surface area contributed by atoms with Crippen LogP contribution in [0.2, 0.25) is 0 Å². The van der Waals surface area contributed by atoms with Gasteiger partial charge in [-0.15, -0.1) is 0 Å². The standard InChI is InChI=1S/C50H28O3/c1-2-11-29(12-3-1)42-28-51-45-24-22-38-40-25-31(21-23-44(40)53-50(38)49(42)45)47-33-15-4-6-17-35(33)48(36-18-7-5-16-34(36)47)37-19-10-13-30-26-46-41(27-39(30)37)32-14-8-9-20-43(32)52-46/h1-28H. The zero-order valence-electron chi connectivity index (χ0n) is 28.4. The fourth-order valence-corrected chi connectivity index (χ4v) is 8.79. The Kier molecular flexibility index (Phi) is 5.77. The molecule has 0 N–H and O–H groups in total. The van der Waals surface area contributed by atoms with Crippen LogP contribution in [-0.2, 0) is 0 Å². The van der Waals surface area contributed by atoms with E-state index in [9.17, 15) is 0 Å². The molecule has 3 heteroatoms. The molecule has 0 fully saturated rings. The van der Waals surface area contributed by atoms with Crippen molar-refractivity contribution in [2.24, 2.45) is 0 Å². The number of fused-ring (bicyclic) bond motifs is 11. The summed E-state index contributed by atoms with van der Waals surface area (Å²) >= 11 is 0. The van der Waals surface area contributed by atoms with E-state index in [1.165, 1.54) is 43.6 Å². The van der Waals surface area contributed by atoms with E-state index in [-0.39, 0.29) is 0 Å². The van der Waals surface area contributed by atoms with Gasteiger partial charge in [0.05, 0.1) is 11.6 Å². The molecule has 9 aromatic carbocycles. The second-order valence-corrected chi connectivity index (χ2v) is 14.0. The van der Waals surface area contributed by atoms with Crippen LogP contribution in [0.25, 0.3) is 121 Å². The molecule has 0 spiro atoms. The van der Waals surface area contributed by atoms with Crippen LogP contribution >= 0.6 is 0 Å². The maximum Gasteiger partial charge on any atom is 0.147 e. The Bertz CT molecular complexity index is 3390. The lowest BCUT2D eigenvalue weighted by Gasteiger charge is -2.19. The van der Waals surface area contributed by atoms with Crippen molar-refractivity contribution in [3.8, 4) is 33.4 Å². The molecule has 0 saturated heterocycles. The molecule has 53 heavy (non-hydrogen) atoms. The molecular formula is C50H28O3. The molecule has 3 heterocycles. The van der Waals surface area contributed by atoms with E-state index in [0.717, 1.165) is 76.9 Å². The van der Waals surface area contributed by atoms with Gasteiger partial charge in [-0.2, -0.15) is 0 Å². The first-order valence-electron chi connectivity index (χ1n) is 18.0. The van der Waals surface area contributed by atoms with Crippen LogP contribution in [0.3, 0.4) is 0 Å². The van der Waals surface area contributed by atoms with E-state index in [1.54, 1.807) is 0 Å². The van der Waals surface area contributed by atoms with Crippen LogP contribution in [0.1, 0.15) is 0 Å². The Labute approximate surface area is 302 Å². The maximum absolute atomic E-state index is 6.65. The molecule has 12 aromatic rings. The number of hydrogen-bond acceptors (Lipinski definition) is 3. The first-order valence-corrected chi connectivity index (χ1v) is 18.0. The van der Waals surface area contributed by atoms with Crippen LogP contribution in [0.15, 0.2) is 183 Å². The van der Waals surface area contributed by atoms with E-state index >= 15 is 0 Å². The molecule has 12 rings (SSSR count). The van der Waals surface area contributed by atoms with Crippen molar-refractivity contribution in [1.29, 1.82) is 0 Å². The molecule has 0 unspecified atom stereocenters. The summed E-state index contributed by atoms with van der Waals surface area (Å²) in [5, 5.41) is 12.7. The van der Waals surface area contributed by atoms with E-state index in [4.69, 9.17) is 13.3 Å². The summed E-state index contributed by atoms with van der Waals surface area (Å²) in [5.41, 5.74) is 11.3. The number of hydrogen-bond donors (Lipinski definition) is 0. The second-order valence-electron chi connectivity index (χ2n) is 14.0. The molecule has 0 bridgehead atoms. The van der Waals surface area contributed by atoms with Gasteiger partial charge in [0, 0.05) is 27.1 Å². The molecule has 0 aliphatic carbocycles. The molecule has 246 valence electrons. The van der Waals surface area contributed by atoms with Gasteiger partial charge in [0.1, 0.15) is 27.9 Å². The van der Waals surface area contributed by atoms with Crippen LogP contribution in [0.4, 0.5) is 0 Å². The highest BCUT2D eigenvalue weighted by Crippen LogP contribution is 2.47. The minimum Gasteiger partial charge on any atom is -0.464 e. The van der Waals surface area contributed by atoms with E-state index in [1.807, 2.05) is 24.5 Å². The van der Waals surface area contributed by atoms with Crippen LogP contribution in [-0.4, -0.2) is 0 Å². The van der Waals surface area contributed by atoms with Gasteiger partial charge in [-0.1, -0.05) is 121 Å². The van der Waals surface area contributed by atoms with Crippen molar-refractivity contribution in [3.63, 3.8) is 0 Å². The topological polar surface area (TPSA) is 39.4 Å². The lowest BCUT2D eigenvalue weighted by Crippen LogP contribution is -1.91. The third kappa shape index (κ3) is 4.05. The van der Waals surface area contributed by atoms with Gasteiger partial charge in [-0.3, -0.25) is 0 Å². The lowest BCUT2D eigenvalue weighted by atomic mass is 9.84. The van der Waals surface area contributed by atoms with E-state index in [0.29, 0.717) is 0 Å². The van der Waals surface area contributed by atoms with Gasteiger partial charge in [-0.05, 0) is 103 Å². The van der Waals surface area contributed by atoms with E-state index in [2.05, 4.69) is 146 Å². The van der Waals surface area contributed by atoms with Crippen molar-refractivity contribution in [2.75, 3.05) is 0 Å². The molecular weight excluding hydrogens is 649 g/mol. The third-order valence-corrected chi connectivity index (χ3v) is 11.1.